The minimum Gasteiger partial charge on any atom is -0.380 e. The van der Waals surface area contributed by atoms with E-state index in [9.17, 15) is 14.0 Å². The van der Waals surface area contributed by atoms with E-state index >= 15 is 0 Å². The molecule has 0 unspecified atom stereocenters. The summed E-state index contributed by atoms with van der Waals surface area (Å²) in [6.07, 6.45) is 7.19. The first-order chi connectivity index (χ1) is 18.4. The Bertz CT molecular complexity index is 1160. The molecule has 0 bridgehead atoms. The molecular weight excluding hydrogens is 485 g/mol. The SMILES string of the molecule is CCCN.Fc1ccc(C2CC2)cc1.O=C(NCC(=O)N1CC2(COC2)C1)c1ccc(-n2cccn2)cc1. The molecule has 2 amide bonds. The number of amides is 2. The van der Waals surface area contributed by atoms with Gasteiger partial charge in [0.05, 0.1) is 30.9 Å². The molecule has 38 heavy (non-hydrogen) atoms. The highest BCUT2D eigenvalue weighted by Gasteiger charge is 2.50. The van der Waals surface area contributed by atoms with Crippen molar-refractivity contribution < 1.29 is 18.7 Å². The lowest BCUT2D eigenvalue weighted by atomic mass is 9.78. The number of hydrogen-bond acceptors (Lipinski definition) is 5. The number of nitrogens with zero attached hydrogens (tertiary/aromatic N) is 3. The number of ether oxygens (including phenoxy) is 1. The summed E-state index contributed by atoms with van der Waals surface area (Å²) >= 11 is 0. The van der Waals surface area contributed by atoms with Gasteiger partial charge in [0.15, 0.2) is 0 Å². The van der Waals surface area contributed by atoms with Gasteiger partial charge in [0.2, 0.25) is 5.91 Å². The molecule has 2 aromatic carbocycles. The van der Waals surface area contributed by atoms with Gasteiger partial charge in [-0.15, -0.1) is 0 Å². The van der Waals surface area contributed by atoms with Gasteiger partial charge in [-0.25, -0.2) is 9.07 Å². The van der Waals surface area contributed by atoms with Gasteiger partial charge in [-0.3, -0.25) is 9.59 Å². The molecule has 3 N–H and O–H groups in total. The third-order valence-corrected chi connectivity index (χ3v) is 6.73. The lowest BCUT2D eigenvalue weighted by molar-refractivity contribution is -0.194. The molecule has 3 aliphatic rings. The smallest absolute Gasteiger partial charge is 0.251 e. The van der Waals surface area contributed by atoms with Gasteiger partial charge < -0.3 is 20.7 Å². The monoisotopic (exact) mass is 521 g/mol. The van der Waals surface area contributed by atoms with Crippen LogP contribution in [-0.4, -0.2) is 65.9 Å². The van der Waals surface area contributed by atoms with Crippen molar-refractivity contribution >= 4 is 11.8 Å². The minimum atomic E-state index is -0.252. The van der Waals surface area contributed by atoms with Crippen molar-refractivity contribution in [1.29, 1.82) is 0 Å². The zero-order valence-electron chi connectivity index (χ0n) is 21.8. The fraction of sp³-hybridized carbons (Fsp3) is 0.414. The Morgan fingerprint density at radius 3 is 2.26 bits per heavy atom. The van der Waals surface area contributed by atoms with Crippen molar-refractivity contribution in [3.63, 3.8) is 0 Å². The predicted molar refractivity (Wildman–Crippen MR) is 143 cm³/mol. The maximum Gasteiger partial charge on any atom is 0.251 e. The van der Waals surface area contributed by atoms with E-state index in [0.717, 1.165) is 50.9 Å². The number of carbonyl (C=O) groups excluding carboxylic acids is 2. The fourth-order valence-electron chi connectivity index (χ4n) is 4.22. The molecule has 6 rings (SSSR count). The van der Waals surface area contributed by atoms with E-state index < -0.39 is 0 Å². The van der Waals surface area contributed by atoms with E-state index in [4.69, 9.17) is 10.5 Å². The van der Waals surface area contributed by atoms with Crippen LogP contribution in [0.4, 0.5) is 4.39 Å². The molecular formula is C29H36FN5O3. The average molecular weight is 522 g/mol. The molecule has 0 atom stereocenters. The number of rotatable bonds is 6. The molecule has 2 aliphatic heterocycles. The molecule has 1 aromatic heterocycles. The second kappa shape index (κ2) is 12.8. The van der Waals surface area contributed by atoms with Gasteiger partial charge in [-0.2, -0.15) is 5.10 Å². The van der Waals surface area contributed by atoms with Gasteiger partial charge in [-0.1, -0.05) is 19.1 Å². The van der Waals surface area contributed by atoms with Crippen LogP contribution in [0.3, 0.4) is 0 Å². The summed E-state index contributed by atoms with van der Waals surface area (Å²) in [6, 6.07) is 15.8. The summed E-state index contributed by atoms with van der Waals surface area (Å²) in [4.78, 5) is 26.0. The average Bonchev–Trinajstić information content (AvgIpc) is 3.60. The number of benzene rings is 2. The molecule has 3 fully saturated rings. The van der Waals surface area contributed by atoms with Crippen molar-refractivity contribution in [2.75, 3.05) is 39.4 Å². The molecule has 3 aromatic rings. The Morgan fingerprint density at radius 2 is 1.76 bits per heavy atom. The van der Waals surface area contributed by atoms with E-state index in [1.807, 2.05) is 36.5 Å². The van der Waals surface area contributed by atoms with Crippen LogP contribution in [0.25, 0.3) is 5.69 Å². The predicted octanol–water partition coefficient (Wildman–Crippen LogP) is 3.52. The van der Waals surface area contributed by atoms with E-state index in [2.05, 4.69) is 17.3 Å². The zero-order valence-corrected chi connectivity index (χ0v) is 21.8. The van der Waals surface area contributed by atoms with Crippen molar-refractivity contribution in [2.45, 2.75) is 32.1 Å². The Labute approximate surface area is 223 Å². The van der Waals surface area contributed by atoms with Crippen LogP contribution in [0.15, 0.2) is 67.0 Å². The van der Waals surface area contributed by atoms with E-state index in [1.165, 1.54) is 30.5 Å². The van der Waals surface area contributed by atoms with Crippen LogP contribution in [-0.2, 0) is 9.53 Å². The summed E-state index contributed by atoms with van der Waals surface area (Å²) < 4.78 is 19.3. The summed E-state index contributed by atoms with van der Waals surface area (Å²) in [6.45, 7) is 5.86. The quantitative estimate of drug-likeness (QED) is 0.517. The zero-order chi connectivity index (χ0) is 27.0. The molecule has 9 heteroatoms. The van der Waals surface area contributed by atoms with E-state index in [-0.39, 0.29) is 29.6 Å². The van der Waals surface area contributed by atoms with Crippen molar-refractivity contribution in [1.82, 2.24) is 20.0 Å². The highest BCUT2D eigenvalue weighted by Crippen LogP contribution is 2.39. The Balaban J connectivity index is 0.000000198. The molecule has 0 radical (unpaired) electrons. The first-order valence-corrected chi connectivity index (χ1v) is 13.1. The lowest BCUT2D eigenvalue weighted by Gasteiger charge is -2.54. The summed E-state index contributed by atoms with van der Waals surface area (Å²) in [5.74, 6) is 0.302. The largest absolute Gasteiger partial charge is 0.380 e. The van der Waals surface area contributed by atoms with Crippen molar-refractivity contribution in [3.8, 4) is 5.69 Å². The number of aromatic nitrogens is 2. The lowest BCUT2D eigenvalue weighted by Crippen LogP contribution is -2.68. The molecule has 1 aliphatic carbocycles. The van der Waals surface area contributed by atoms with Gasteiger partial charge in [0, 0.05) is 31.0 Å². The third-order valence-electron chi connectivity index (χ3n) is 6.73. The highest BCUT2D eigenvalue weighted by atomic mass is 19.1. The third kappa shape index (κ3) is 7.26. The molecule has 3 heterocycles. The number of halogens is 1. The summed E-state index contributed by atoms with van der Waals surface area (Å²) in [5, 5.41) is 6.82. The topological polar surface area (TPSA) is 102 Å². The van der Waals surface area contributed by atoms with E-state index in [1.54, 1.807) is 27.9 Å². The van der Waals surface area contributed by atoms with E-state index in [0.29, 0.717) is 5.56 Å². The number of nitrogens with one attached hydrogen (secondary N) is 1. The molecule has 2 saturated heterocycles. The molecule has 202 valence electrons. The summed E-state index contributed by atoms with van der Waals surface area (Å²) in [5.41, 5.74) is 7.91. The molecule has 1 spiro atoms. The van der Waals surface area contributed by atoms with Crippen LogP contribution in [0.1, 0.15) is 48.0 Å². The van der Waals surface area contributed by atoms with Crippen LogP contribution in [0.5, 0.6) is 0 Å². The van der Waals surface area contributed by atoms with Crippen LogP contribution in [0, 0.1) is 11.2 Å². The first-order valence-electron chi connectivity index (χ1n) is 13.1. The van der Waals surface area contributed by atoms with Crippen molar-refractivity contribution in [3.05, 3.63) is 83.9 Å². The Hall–Kier alpha value is -3.56. The number of carbonyl (C=O) groups is 2. The molecule has 1 saturated carbocycles. The number of hydrogen-bond donors (Lipinski definition) is 2. The minimum absolute atomic E-state index is 0.0245. The van der Waals surface area contributed by atoms with Crippen molar-refractivity contribution in [2.24, 2.45) is 11.1 Å². The number of likely N-dealkylation sites (tertiary alicyclic amines) is 1. The van der Waals surface area contributed by atoms with Gasteiger partial charge in [0.25, 0.3) is 5.91 Å². The number of nitrogens with two attached hydrogens (primary N) is 1. The van der Waals surface area contributed by atoms with Gasteiger partial charge in [0.1, 0.15) is 5.82 Å². The van der Waals surface area contributed by atoms with Gasteiger partial charge >= 0.3 is 0 Å². The summed E-state index contributed by atoms with van der Waals surface area (Å²) in [7, 11) is 0. The second-order valence-corrected chi connectivity index (χ2v) is 10.0. The maximum atomic E-state index is 12.4. The fourth-order valence-corrected chi connectivity index (χ4v) is 4.22. The molecule has 8 nitrogen and oxygen atoms in total. The normalized spacial score (nSPS) is 16.7. The maximum absolute atomic E-state index is 12.4. The highest BCUT2D eigenvalue weighted by molar-refractivity contribution is 5.96. The van der Waals surface area contributed by atoms with Gasteiger partial charge in [-0.05, 0) is 79.8 Å². The van der Waals surface area contributed by atoms with Crippen LogP contribution < -0.4 is 11.1 Å². The Kier molecular flexibility index (Phi) is 9.25. The Morgan fingerprint density at radius 1 is 1.11 bits per heavy atom. The van der Waals surface area contributed by atoms with Crippen LogP contribution >= 0.6 is 0 Å². The second-order valence-electron chi connectivity index (χ2n) is 10.0. The van der Waals surface area contributed by atoms with Crippen LogP contribution in [0.2, 0.25) is 0 Å². The standard InChI is InChI=1S/C17H18N4O3.C9H9F.C3H9N/c22-15(20-9-17(10-20)11-24-12-17)8-18-16(23)13-2-4-14(5-3-13)21-7-1-6-19-21;10-9-5-3-8(4-6-9)7-1-2-7;1-2-3-4/h1-7H,8-12H2,(H,18,23);3-7H,1-2H2;2-4H2,1H3. The first kappa shape index (κ1) is 27.5.